The largest absolute Gasteiger partial charge is 0.508 e. The number of amidine groups is 1. The van der Waals surface area contributed by atoms with Crippen molar-refractivity contribution >= 4 is 17.2 Å². The number of allylic oxidation sites excluding steroid dienone is 1. The standard InChI is InChI=1S/C22H23FN4O3/c1-3-15-13(10-25-22(15)24)6-12-7-19(29-2)20(9-16(12)23)30-11-21-26-17-5-4-14(28)8-18(17)27-21/h3-5,7-10,21,26-28H,6,11H2,1-2H3,(H2,24,25)/b15-3-. The van der Waals surface area contributed by atoms with E-state index in [-0.39, 0.29) is 18.5 Å². The van der Waals surface area contributed by atoms with Gasteiger partial charge in [-0.05, 0) is 36.3 Å². The molecule has 0 aromatic heterocycles. The van der Waals surface area contributed by atoms with Crippen molar-refractivity contribution in [1.82, 2.24) is 0 Å². The molecule has 2 heterocycles. The van der Waals surface area contributed by atoms with Crippen LogP contribution in [0.2, 0.25) is 0 Å². The van der Waals surface area contributed by atoms with Crippen molar-refractivity contribution in [3.05, 3.63) is 65.1 Å². The van der Waals surface area contributed by atoms with Gasteiger partial charge in [0, 0.05) is 30.3 Å². The molecular weight excluding hydrogens is 387 g/mol. The Morgan fingerprint density at radius 2 is 2.00 bits per heavy atom. The lowest BCUT2D eigenvalue weighted by atomic mass is 9.98. The third kappa shape index (κ3) is 3.76. The number of halogens is 1. The first-order valence-electron chi connectivity index (χ1n) is 9.53. The van der Waals surface area contributed by atoms with Gasteiger partial charge in [-0.1, -0.05) is 6.08 Å². The molecule has 4 rings (SSSR count). The van der Waals surface area contributed by atoms with E-state index in [2.05, 4.69) is 15.6 Å². The number of phenols is 1. The quantitative estimate of drug-likeness (QED) is 0.544. The topological polar surface area (TPSA) is 101 Å². The molecule has 2 aliphatic heterocycles. The van der Waals surface area contributed by atoms with Gasteiger partial charge in [-0.2, -0.15) is 0 Å². The zero-order chi connectivity index (χ0) is 21.3. The number of hydrogen-bond acceptors (Lipinski definition) is 7. The van der Waals surface area contributed by atoms with Crippen LogP contribution in [0, 0.1) is 5.82 Å². The molecule has 156 valence electrons. The third-order valence-electron chi connectivity index (χ3n) is 5.05. The SMILES string of the molecule is C/C=C1/C(Cc2cc(OC)c(OCC3Nc4ccc(O)cc4N3)cc2F)=CN=C1N. The van der Waals surface area contributed by atoms with Crippen LogP contribution in [0.25, 0.3) is 0 Å². The molecule has 2 aromatic carbocycles. The van der Waals surface area contributed by atoms with E-state index in [0.29, 0.717) is 29.3 Å². The fraction of sp³-hybridized carbons (Fsp3) is 0.227. The minimum atomic E-state index is -0.395. The van der Waals surface area contributed by atoms with Gasteiger partial charge in [0.05, 0.1) is 18.5 Å². The highest BCUT2D eigenvalue weighted by Crippen LogP contribution is 2.35. The lowest BCUT2D eigenvalue weighted by molar-refractivity contribution is 0.285. The summed E-state index contributed by atoms with van der Waals surface area (Å²) in [6.45, 7) is 2.10. The van der Waals surface area contributed by atoms with E-state index in [1.54, 1.807) is 30.5 Å². The summed E-state index contributed by atoms with van der Waals surface area (Å²) in [7, 11) is 1.52. The van der Waals surface area contributed by atoms with Gasteiger partial charge in [-0.3, -0.25) is 0 Å². The number of aliphatic imine (C=N–C) groups is 1. The highest BCUT2D eigenvalue weighted by atomic mass is 19.1. The van der Waals surface area contributed by atoms with Crippen LogP contribution in [0.5, 0.6) is 17.2 Å². The molecule has 0 amide bonds. The van der Waals surface area contributed by atoms with Gasteiger partial charge in [0.25, 0.3) is 0 Å². The number of methoxy groups -OCH3 is 1. The van der Waals surface area contributed by atoms with E-state index in [0.717, 1.165) is 22.5 Å². The summed E-state index contributed by atoms with van der Waals surface area (Å²) in [4.78, 5) is 4.11. The number of nitrogens with one attached hydrogen (secondary N) is 2. The first kappa shape index (κ1) is 19.6. The monoisotopic (exact) mass is 410 g/mol. The van der Waals surface area contributed by atoms with E-state index >= 15 is 0 Å². The highest BCUT2D eigenvalue weighted by Gasteiger charge is 2.22. The Morgan fingerprint density at radius 3 is 2.77 bits per heavy atom. The van der Waals surface area contributed by atoms with Crippen LogP contribution < -0.4 is 25.8 Å². The van der Waals surface area contributed by atoms with Crippen molar-refractivity contribution in [1.29, 1.82) is 0 Å². The predicted molar refractivity (Wildman–Crippen MR) is 115 cm³/mol. The highest BCUT2D eigenvalue weighted by molar-refractivity contribution is 6.03. The van der Waals surface area contributed by atoms with Crippen LogP contribution in [-0.4, -0.2) is 30.8 Å². The fourth-order valence-electron chi connectivity index (χ4n) is 3.56. The van der Waals surface area contributed by atoms with E-state index in [1.165, 1.54) is 13.2 Å². The number of hydrogen-bond donors (Lipinski definition) is 4. The van der Waals surface area contributed by atoms with Gasteiger partial charge in [0.2, 0.25) is 0 Å². The smallest absolute Gasteiger partial charge is 0.164 e. The maximum absolute atomic E-state index is 14.8. The summed E-state index contributed by atoms with van der Waals surface area (Å²) < 4.78 is 26.0. The van der Waals surface area contributed by atoms with Gasteiger partial charge in [-0.25, -0.2) is 9.38 Å². The Labute approximate surface area is 173 Å². The van der Waals surface area contributed by atoms with E-state index in [1.807, 2.05) is 13.0 Å². The number of aromatic hydroxyl groups is 1. The van der Waals surface area contributed by atoms with Crippen LogP contribution in [0.1, 0.15) is 12.5 Å². The minimum absolute atomic E-state index is 0.176. The number of anilines is 2. The maximum atomic E-state index is 14.8. The van der Waals surface area contributed by atoms with Crippen molar-refractivity contribution in [2.45, 2.75) is 19.5 Å². The van der Waals surface area contributed by atoms with E-state index in [4.69, 9.17) is 15.2 Å². The number of fused-ring (bicyclic) bond motifs is 1. The van der Waals surface area contributed by atoms with E-state index < -0.39 is 5.82 Å². The molecule has 0 saturated carbocycles. The predicted octanol–water partition coefficient (Wildman–Crippen LogP) is 3.53. The molecule has 1 atom stereocenters. The molecule has 5 N–H and O–H groups in total. The Balaban J connectivity index is 1.45. The van der Waals surface area contributed by atoms with Crippen LogP contribution in [0.4, 0.5) is 15.8 Å². The molecule has 1 unspecified atom stereocenters. The molecule has 2 aliphatic rings. The maximum Gasteiger partial charge on any atom is 0.164 e. The summed E-state index contributed by atoms with van der Waals surface area (Å²) in [6.07, 6.45) is 3.64. The molecular formula is C22H23FN4O3. The summed E-state index contributed by atoms with van der Waals surface area (Å²) in [6, 6.07) is 7.97. The summed E-state index contributed by atoms with van der Waals surface area (Å²) >= 11 is 0. The number of nitrogens with zero attached hydrogens (tertiary/aromatic N) is 1. The summed E-state index contributed by atoms with van der Waals surface area (Å²) in [5.41, 5.74) is 9.64. The zero-order valence-electron chi connectivity index (χ0n) is 16.7. The number of nitrogens with two attached hydrogens (primary N) is 1. The van der Waals surface area contributed by atoms with E-state index in [9.17, 15) is 9.50 Å². The van der Waals surface area contributed by atoms with Crippen LogP contribution in [0.15, 0.2) is 58.7 Å². The number of ether oxygens (including phenoxy) is 2. The lowest BCUT2D eigenvalue weighted by Crippen LogP contribution is -2.29. The van der Waals surface area contributed by atoms with Crippen molar-refractivity contribution in [3.63, 3.8) is 0 Å². The van der Waals surface area contributed by atoms with Gasteiger partial charge in [0.15, 0.2) is 11.5 Å². The Kier molecular flexibility index (Phi) is 5.22. The van der Waals surface area contributed by atoms with Crippen LogP contribution >= 0.6 is 0 Å². The van der Waals surface area contributed by atoms with Gasteiger partial charge >= 0.3 is 0 Å². The Hall–Kier alpha value is -3.68. The first-order valence-corrected chi connectivity index (χ1v) is 9.53. The normalized spacial score (nSPS) is 18.4. The third-order valence-corrected chi connectivity index (χ3v) is 5.05. The molecule has 30 heavy (non-hydrogen) atoms. The van der Waals surface area contributed by atoms with Gasteiger partial charge in [-0.15, -0.1) is 0 Å². The molecule has 7 nitrogen and oxygen atoms in total. The molecule has 8 heteroatoms. The Morgan fingerprint density at radius 1 is 1.20 bits per heavy atom. The van der Waals surface area contributed by atoms with Crippen molar-refractivity contribution in [2.24, 2.45) is 10.7 Å². The Bertz CT molecular complexity index is 1080. The molecule has 0 bridgehead atoms. The van der Waals surface area contributed by atoms with Crippen LogP contribution in [-0.2, 0) is 6.42 Å². The van der Waals surface area contributed by atoms with Gasteiger partial charge in [0.1, 0.15) is 30.2 Å². The second-order valence-corrected chi connectivity index (χ2v) is 7.02. The number of rotatable bonds is 6. The van der Waals surface area contributed by atoms with Gasteiger partial charge < -0.3 is 30.9 Å². The first-order chi connectivity index (χ1) is 14.5. The average molecular weight is 410 g/mol. The molecule has 0 aliphatic carbocycles. The second kappa shape index (κ2) is 7.98. The molecule has 0 fully saturated rings. The second-order valence-electron chi connectivity index (χ2n) is 7.02. The fourth-order valence-corrected chi connectivity index (χ4v) is 3.56. The van der Waals surface area contributed by atoms with Crippen molar-refractivity contribution in [2.75, 3.05) is 24.4 Å². The number of benzene rings is 2. The van der Waals surface area contributed by atoms with Crippen molar-refractivity contribution in [3.8, 4) is 17.2 Å². The van der Waals surface area contributed by atoms with Crippen LogP contribution in [0.3, 0.4) is 0 Å². The molecule has 0 spiro atoms. The zero-order valence-corrected chi connectivity index (χ0v) is 16.7. The minimum Gasteiger partial charge on any atom is -0.508 e. The number of phenolic OH excluding ortho intramolecular Hbond substituents is 1. The molecule has 0 saturated heterocycles. The lowest BCUT2D eigenvalue weighted by Gasteiger charge is -2.17. The summed E-state index contributed by atoms with van der Waals surface area (Å²) in [5, 5.41) is 16.0. The molecule has 2 aromatic rings. The molecule has 0 radical (unpaired) electrons. The average Bonchev–Trinajstić information content (AvgIpc) is 3.29. The van der Waals surface area contributed by atoms with Crippen molar-refractivity contribution < 1.29 is 19.0 Å². The summed E-state index contributed by atoms with van der Waals surface area (Å²) in [5.74, 6) is 0.964.